The Kier molecular flexibility index (Phi) is 4.38. The molecule has 1 aliphatic rings. The van der Waals surface area contributed by atoms with Crippen LogP contribution in [0.3, 0.4) is 0 Å². The zero-order chi connectivity index (χ0) is 13.9. The zero-order valence-electron chi connectivity index (χ0n) is 11.6. The molecule has 5 nitrogen and oxygen atoms in total. The van der Waals surface area contributed by atoms with E-state index in [-0.39, 0.29) is 5.92 Å². The van der Waals surface area contributed by atoms with Gasteiger partial charge in [0.25, 0.3) is 0 Å². The molecule has 1 rings (SSSR count). The third-order valence-electron chi connectivity index (χ3n) is 2.66. The lowest BCUT2D eigenvalue weighted by molar-refractivity contribution is -0.148. The first kappa shape index (κ1) is 14.5. The molecule has 102 valence electrons. The van der Waals surface area contributed by atoms with Crippen LogP contribution in [0.15, 0.2) is 12.3 Å². The van der Waals surface area contributed by atoms with E-state index in [1.54, 1.807) is 27.0 Å². The molecule has 0 radical (unpaired) electrons. The number of methoxy groups -OCH3 is 1. The Hall–Kier alpha value is -1.52. The molecule has 1 aliphatic heterocycles. The van der Waals surface area contributed by atoms with Crippen LogP contribution in [0, 0.1) is 5.92 Å². The van der Waals surface area contributed by atoms with Gasteiger partial charge in [0.1, 0.15) is 11.6 Å². The summed E-state index contributed by atoms with van der Waals surface area (Å²) < 4.78 is 10.0. The maximum Gasteiger partial charge on any atom is 0.415 e. The van der Waals surface area contributed by atoms with Crippen molar-refractivity contribution in [3.05, 3.63) is 12.3 Å². The van der Waals surface area contributed by atoms with Crippen LogP contribution >= 0.6 is 0 Å². The molecule has 0 N–H and O–H groups in total. The van der Waals surface area contributed by atoms with Gasteiger partial charge in [-0.25, -0.2) is 9.59 Å². The lowest BCUT2D eigenvalue weighted by atomic mass is 9.94. The molecule has 1 amide bonds. The SMILES string of the molecule is COC(=O)[C@@H]1[C@H](C)CC=CN1C(=O)OC(C)(C)C. The number of rotatable bonds is 1. The zero-order valence-corrected chi connectivity index (χ0v) is 11.6. The first-order valence-corrected chi connectivity index (χ1v) is 6.02. The maximum atomic E-state index is 12.0. The van der Waals surface area contributed by atoms with Gasteiger partial charge in [0.05, 0.1) is 7.11 Å². The molecule has 2 atom stereocenters. The fourth-order valence-corrected chi connectivity index (χ4v) is 1.84. The van der Waals surface area contributed by atoms with Crippen molar-refractivity contribution < 1.29 is 19.1 Å². The van der Waals surface area contributed by atoms with Crippen LogP contribution in [0.25, 0.3) is 0 Å². The second kappa shape index (κ2) is 5.42. The van der Waals surface area contributed by atoms with E-state index in [2.05, 4.69) is 0 Å². The molecule has 0 aromatic rings. The Morgan fingerprint density at radius 2 is 1.94 bits per heavy atom. The normalized spacial score (nSPS) is 23.7. The third kappa shape index (κ3) is 3.48. The fourth-order valence-electron chi connectivity index (χ4n) is 1.84. The maximum absolute atomic E-state index is 12.0. The number of ether oxygens (including phenoxy) is 2. The van der Waals surface area contributed by atoms with Gasteiger partial charge in [-0.3, -0.25) is 4.90 Å². The summed E-state index contributed by atoms with van der Waals surface area (Å²) >= 11 is 0. The molecule has 0 aromatic heterocycles. The van der Waals surface area contributed by atoms with E-state index < -0.39 is 23.7 Å². The second-order valence-electron chi connectivity index (χ2n) is 5.45. The molecular formula is C13H21NO4. The van der Waals surface area contributed by atoms with Crippen LogP contribution in [0.2, 0.25) is 0 Å². The minimum absolute atomic E-state index is 0.00923. The van der Waals surface area contributed by atoms with E-state index in [0.29, 0.717) is 0 Å². The highest BCUT2D eigenvalue weighted by molar-refractivity contribution is 5.82. The second-order valence-corrected chi connectivity index (χ2v) is 5.45. The van der Waals surface area contributed by atoms with Gasteiger partial charge in [-0.15, -0.1) is 0 Å². The van der Waals surface area contributed by atoms with Crippen LogP contribution < -0.4 is 0 Å². The molecule has 0 saturated carbocycles. The van der Waals surface area contributed by atoms with Crippen molar-refractivity contribution in [3.63, 3.8) is 0 Å². The highest BCUT2D eigenvalue weighted by atomic mass is 16.6. The van der Waals surface area contributed by atoms with Crippen molar-refractivity contribution in [2.75, 3.05) is 7.11 Å². The minimum atomic E-state index is -0.616. The number of allylic oxidation sites excluding steroid dienone is 1. The number of hydrogen-bond acceptors (Lipinski definition) is 4. The Labute approximate surface area is 108 Å². The van der Waals surface area contributed by atoms with Gasteiger partial charge in [0.2, 0.25) is 0 Å². The molecule has 1 heterocycles. The molecule has 0 spiro atoms. The van der Waals surface area contributed by atoms with E-state index in [1.807, 2.05) is 13.0 Å². The fraction of sp³-hybridized carbons (Fsp3) is 0.692. The molecule has 0 unspecified atom stereocenters. The standard InChI is InChI=1S/C13H21NO4/c1-9-7-6-8-14(10(9)11(15)17-5)12(16)18-13(2,3)4/h6,8-10H,7H2,1-5H3/t9-,10+/m1/s1. The van der Waals surface area contributed by atoms with Gasteiger partial charge in [0.15, 0.2) is 0 Å². The molecule has 0 aromatic carbocycles. The summed E-state index contributed by atoms with van der Waals surface area (Å²) in [4.78, 5) is 25.1. The first-order chi connectivity index (χ1) is 8.26. The van der Waals surface area contributed by atoms with Crippen molar-refractivity contribution in [2.24, 2.45) is 5.92 Å². The third-order valence-corrected chi connectivity index (χ3v) is 2.66. The van der Waals surface area contributed by atoms with Gasteiger partial charge >= 0.3 is 12.1 Å². The molecule has 0 saturated heterocycles. The monoisotopic (exact) mass is 255 g/mol. The van der Waals surface area contributed by atoms with Gasteiger partial charge < -0.3 is 9.47 Å². The van der Waals surface area contributed by atoms with E-state index in [4.69, 9.17) is 9.47 Å². The average Bonchev–Trinajstić information content (AvgIpc) is 2.25. The minimum Gasteiger partial charge on any atom is -0.467 e. The van der Waals surface area contributed by atoms with E-state index >= 15 is 0 Å². The quantitative estimate of drug-likeness (QED) is 0.675. The molecule has 0 aliphatic carbocycles. The predicted molar refractivity (Wildman–Crippen MR) is 66.8 cm³/mol. The number of carbonyl (C=O) groups is 2. The van der Waals surface area contributed by atoms with Crippen LogP contribution in [-0.4, -0.2) is 35.7 Å². The first-order valence-electron chi connectivity index (χ1n) is 6.02. The molecule has 0 fully saturated rings. The van der Waals surface area contributed by atoms with Crippen molar-refractivity contribution in [2.45, 2.75) is 45.8 Å². The summed E-state index contributed by atoms with van der Waals surface area (Å²) in [5.41, 5.74) is -0.591. The van der Waals surface area contributed by atoms with E-state index in [9.17, 15) is 9.59 Å². The predicted octanol–water partition coefficient (Wildman–Crippen LogP) is 2.32. The number of hydrogen-bond donors (Lipinski definition) is 0. The Balaban J connectivity index is 2.89. The summed E-state index contributed by atoms with van der Waals surface area (Å²) in [6.45, 7) is 7.27. The molecular weight excluding hydrogens is 234 g/mol. The lowest BCUT2D eigenvalue weighted by Gasteiger charge is -2.34. The topological polar surface area (TPSA) is 55.8 Å². The van der Waals surface area contributed by atoms with Crippen molar-refractivity contribution >= 4 is 12.1 Å². The lowest BCUT2D eigenvalue weighted by Crippen LogP contribution is -2.49. The number of nitrogens with zero attached hydrogens (tertiary/aromatic N) is 1. The molecule has 18 heavy (non-hydrogen) atoms. The van der Waals surface area contributed by atoms with E-state index in [0.717, 1.165) is 6.42 Å². The van der Waals surface area contributed by atoms with Crippen molar-refractivity contribution in [3.8, 4) is 0 Å². The highest BCUT2D eigenvalue weighted by Gasteiger charge is 2.37. The summed E-state index contributed by atoms with van der Waals surface area (Å²) in [5.74, 6) is -0.410. The van der Waals surface area contributed by atoms with Gasteiger partial charge in [-0.2, -0.15) is 0 Å². The summed E-state index contributed by atoms with van der Waals surface area (Å²) in [5, 5.41) is 0. The summed E-state index contributed by atoms with van der Waals surface area (Å²) in [7, 11) is 1.32. The van der Waals surface area contributed by atoms with Gasteiger partial charge in [0, 0.05) is 6.20 Å². The smallest absolute Gasteiger partial charge is 0.415 e. The van der Waals surface area contributed by atoms with Crippen LogP contribution in [0.5, 0.6) is 0 Å². The van der Waals surface area contributed by atoms with E-state index in [1.165, 1.54) is 12.0 Å². The largest absolute Gasteiger partial charge is 0.467 e. The number of esters is 1. The highest BCUT2D eigenvalue weighted by Crippen LogP contribution is 2.24. The van der Waals surface area contributed by atoms with Crippen LogP contribution in [-0.2, 0) is 14.3 Å². The van der Waals surface area contributed by atoms with Gasteiger partial charge in [-0.1, -0.05) is 13.0 Å². The summed E-state index contributed by atoms with van der Waals surface area (Å²) in [6, 6.07) is -0.616. The Morgan fingerprint density at radius 3 is 2.44 bits per heavy atom. The van der Waals surface area contributed by atoms with Gasteiger partial charge in [-0.05, 0) is 33.1 Å². The Bertz CT molecular complexity index is 356. The number of amides is 1. The molecule has 5 heteroatoms. The van der Waals surface area contributed by atoms with Crippen LogP contribution in [0.4, 0.5) is 4.79 Å². The number of carbonyl (C=O) groups excluding carboxylic acids is 2. The average molecular weight is 255 g/mol. The van der Waals surface area contributed by atoms with Crippen LogP contribution in [0.1, 0.15) is 34.1 Å². The Morgan fingerprint density at radius 1 is 1.33 bits per heavy atom. The van der Waals surface area contributed by atoms with Crippen molar-refractivity contribution in [1.82, 2.24) is 4.90 Å². The van der Waals surface area contributed by atoms with Crippen molar-refractivity contribution in [1.29, 1.82) is 0 Å². The summed E-state index contributed by atoms with van der Waals surface area (Å²) in [6.07, 6.45) is 3.66. The molecule has 0 bridgehead atoms.